The molecule has 1 amide bonds. The van der Waals surface area contributed by atoms with E-state index < -0.39 is 0 Å². The van der Waals surface area contributed by atoms with Crippen LogP contribution in [0.2, 0.25) is 0 Å². The maximum atomic E-state index is 12.6. The Labute approximate surface area is 141 Å². The highest BCUT2D eigenvalue weighted by Crippen LogP contribution is 2.26. The molecule has 2 heterocycles. The van der Waals surface area contributed by atoms with E-state index in [-0.39, 0.29) is 18.1 Å². The zero-order chi connectivity index (χ0) is 16.2. The van der Waals surface area contributed by atoms with Gasteiger partial charge in [-0.25, -0.2) is 0 Å². The molecule has 0 spiro atoms. The third kappa shape index (κ3) is 4.01. The predicted molar refractivity (Wildman–Crippen MR) is 93.7 cm³/mol. The highest BCUT2D eigenvalue weighted by molar-refractivity contribution is 7.09. The molecule has 3 nitrogen and oxygen atoms in total. The molecule has 2 unspecified atom stereocenters. The third-order valence-corrected chi connectivity index (χ3v) is 5.30. The summed E-state index contributed by atoms with van der Waals surface area (Å²) in [6.45, 7) is 5.39. The number of thiophene rings is 1. The van der Waals surface area contributed by atoms with E-state index in [1.165, 1.54) is 10.4 Å². The lowest BCUT2D eigenvalue weighted by atomic mass is 10.0. The molecule has 3 rings (SSSR count). The Morgan fingerprint density at radius 3 is 2.78 bits per heavy atom. The molecule has 1 fully saturated rings. The molecule has 1 aromatic heterocycles. The zero-order valence-electron chi connectivity index (χ0n) is 13.7. The maximum Gasteiger partial charge on any atom is 0.223 e. The van der Waals surface area contributed by atoms with Crippen LogP contribution in [0.25, 0.3) is 0 Å². The molecule has 0 N–H and O–H groups in total. The van der Waals surface area contributed by atoms with Crippen LogP contribution in [0.4, 0.5) is 0 Å². The van der Waals surface area contributed by atoms with Gasteiger partial charge in [0.25, 0.3) is 0 Å². The van der Waals surface area contributed by atoms with E-state index in [4.69, 9.17) is 4.74 Å². The quantitative estimate of drug-likeness (QED) is 0.849. The summed E-state index contributed by atoms with van der Waals surface area (Å²) in [7, 11) is 0. The second-order valence-electron chi connectivity index (χ2n) is 6.21. The highest BCUT2D eigenvalue weighted by Gasteiger charge is 2.30. The van der Waals surface area contributed by atoms with Crippen LogP contribution in [-0.2, 0) is 16.0 Å². The van der Waals surface area contributed by atoms with Crippen molar-refractivity contribution in [3.63, 3.8) is 0 Å². The smallest absolute Gasteiger partial charge is 0.223 e. The van der Waals surface area contributed by atoms with Gasteiger partial charge in [-0.1, -0.05) is 35.9 Å². The minimum absolute atomic E-state index is 0.0162. The molecule has 23 heavy (non-hydrogen) atoms. The van der Waals surface area contributed by atoms with Gasteiger partial charge < -0.3 is 9.64 Å². The molecule has 0 radical (unpaired) electrons. The molecule has 1 aliphatic heterocycles. The van der Waals surface area contributed by atoms with E-state index in [2.05, 4.69) is 49.6 Å². The monoisotopic (exact) mass is 329 g/mol. The van der Waals surface area contributed by atoms with Crippen molar-refractivity contribution in [1.82, 2.24) is 4.90 Å². The van der Waals surface area contributed by atoms with Crippen molar-refractivity contribution < 1.29 is 9.53 Å². The van der Waals surface area contributed by atoms with Crippen molar-refractivity contribution in [2.45, 2.75) is 38.8 Å². The van der Waals surface area contributed by atoms with Gasteiger partial charge in [0.2, 0.25) is 5.91 Å². The fourth-order valence-electron chi connectivity index (χ4n) is 2.92. The van der Waals surface area contributed by atoms with Crippen molar-refractivity contribution in [2.24, 2.45) is 0 Å². The average Bonchev–Trinajstić information content (AvgIpc) is 3.07. The van der Waals surface area contributed by atoms with Crippen LogP contribution in [0.3, 0.4) is 0 Å². The van der Waals surface area contributed by atoms with Crippen LogP contribution in [0.15, 0.2) is 41.8 Å². The Morgan fingerprint density at radius 1 is 1.30 bits per heavy atom. The number of nitrogens with zero attached hydrogens (tertiary/aromatic N) is 1. The van der Waals surface area contributed by atoms with Crippen molar-refractivity contribution >= 4 is 17.2 Å². The van der Waals surface area contributed by atoms with E-state index in [1.54, 1.807) is 11.3 Å². The van der Waals surface area contributed by atoms with E-state index in [9.17, 15) is 4.79 Å². The van der Waals surface area contributed by atoms with Crippen LogP contribution in [0, 0.1) is 6.92 Å². The topological polar surface area (TPSA) is 29.5 Å². The first-order chi connectivity index (χ1) is 11.1. The fourth-order valence-corrected chi connectivity index (χ4v) is 3.62. The normalized spacial score (nSPS) is 21.4. The third-order valence-electron chi connectivity index (χ3n) is 4.37. The first-order valence-corrected chi connectivity index (χ1v) is 9.01. The molecule has 0 saturated carbocycles. The highest BCUT2D eigenvalue weighted by atomic mass is 32.1. The lowest BCUT2D eigenvalue weighted by Gasteiger charge is -2.38. The Morgan fingerprint density at radius 2 is 2.09 bits per heavy atom. The Kier molecular flexibility index (Phi) is 5.13. The molecule has 1 aliphatic rings. The maximum absolute atomic E-state index is 12.6. The molecule has 1 saturated heterocycles. The van der Waals surface area contributed by atoms with Crippen molar-refractivity contribution in [3.8, 4) is 0 Å². The molecule has 1 aromatic carbocycles. The molecule has 4 heteroatoms. The summed E-state index contributed by atoms with van der Waals surface area (Å²) in [5.74, 6) is 0.228. The van der Waals surface area contributed by atoms with E-state index in [0.717, 1.165) is 12.0 Å². The average molecular weight is 329 g/mol. The summed E-state index contributed by atoms with van der Waals surface area (Å²) < 4.78 is 5.96. The fraction of sp³-hybridized carbons (Fsp3) is 0.421. The molecule has 2 atom stereocenters. The summed E-state index contributed by atoms with van der Waals surface area (Å²) >= 11 is 1.72. The Bertz CT molecular complexity index is 636. The second kappa shape index (κ2) is 7.28. The number of hydrogen-bond acceptors (Lipinski definition) is 3. The van der Waals surface area contributed by atoms with Crippen LogP contribution in [0.1, 0.15) is 35.5 Å². The van der Waals surface area contributed by atoms with Crippen molar-refractivity contribution in [3.05, 3.63) is 57.8 Å². The van der Waals surface area contributed by atoms with Gasteiger partial charge in [0.05, 0.1) is 19.2 Å². The zero-order valence-corrected chi connectivity index (χ0v) is 14.5. The molecular weight excluding hydrogens is 306 g/mol. The number of amides is 1. The lowest BCUT2D eigenvalue weighted by Crippen LogP contribution is -2.48. The van der Waals surface area contributed by atoms with Gasteiger partial charge in [-0.05, 0) is 37.3 Å². The minimum Gasteiger partial charge on any atom is -0.370 e. The van der Waals surface area contributed by atoms with Gasteiger partial charge in [0, 0.05) is 11.3 Å². The number of morpholine rings is 1. The van der Waals surface area contributed by atoms with Crippen LogP contribution in [0.5, 0.6) is 0 Å². The molecule has 0 bridgehead atoms. The summed E-state index contributed by atoms with van der Waals surface area (Å²) in [4.78, 5) is 15.9. The number of ether oxygens (including phenoxy) is 1. The Hall–Kier alpha value is -1.65. The van der Waals surface area contributed by atoms with Gasteiger partial charge >= 0.3 is 0 Å². The van der Waals surface area contributed by atoms with Gasteiger partial charge in [-0.15, -0.1) is 11.3 Å². The summed E-state index contributed by atoms with van der Waals surface area (Å²) in [5, 5.41) is 2.06. The first-order valence-electron chi connectivity index (χ1n) is 8.13. The van der Waals surface area contributed by atoms with Crippen LogP contribution >= 0.6 is 11.3 Å². The summed E-state index contributed by atoms with van der Waals surface area (Å²) in [6, 6.07) is 12.7. The lowest BCUT2D eigenvalue weighted by molar-refractivity contribution is -0.144. The number of benzene rings is 1. The summed E-state index contributed by atoms with van der Waals surface area (Å²) in [6.07, 6.45) is 1.39. The second-order valence-corrected chi connectivity index (χ2v) is 7.24. The standard InChI is InChI=1S/C19H23NO2S/c1-14-5-7-16(8-6-14)18-12-20(15(2)13-22-18)19(21)10-9-17-4-3-11-23-17/h3-8,11,15,18H,9-10,12-13H2,1-2H3. The molecular formula is C19H23NO2S. The van der Waals surface area contributed by atoms with E-state index in [0.29, 0.717) is 19.6 Å². The van der Waals surface area contributed by atoms with Crippen LogP contribution in [-0.4, -0.2) is 30.0 Å². The number of carbonyl (C=O) groups is 1. The summed E-state index contributed by atoms with van der Waals surface area (Å²) in [5.41, 5.74) is 2.39. The SMILES string of the molecule is Cc1ccc(C2CN(C(=O)CCc3cccs3)C(C)CO2)cc1. The van der Waals surface area contributed by atoms with E-state index >= 15 is 0 Å². The number of rotatable bonds is 4. The number of hydrogen-bond donors (Lipinski definition) is 0. The minimum atomic E-state index is -0.0162. The van der Waals surface area contributed by atoms with Crippen molar-refractivity contribution in [2.75, 3.05) is 13.2 Å². The van der Waals surface area contributed by atoms with Crippen LogP contribution < -0.4 is 0 Å². The largest absolute Gasteiger partial charge is 0.370 e. The number of carbonyl (C=O) groups excluding carboxylic acids is 1. The first kappa shape index (κ1) is 16.2. The molecule has 2 aromatic rings. The predicted octanol–water partition coefficient (Wildman–Crippen LogP) is 3.98. The van der Waals surface area contributed by atoms with Gasteiger partial charge in [0.1, 0.15) is 6.10 Å². The molecule has 0 aliphatic carbocycles. The molecule has 122 valence electrons. The van der Waals surface area contributed by atoms with Crippen molar-refractivity contribution in [1.29, 1.82) is 0 Å². The van der Waals surface area contributed by atoms with Gasteiger partial charge in [-0.2, -0.15) is 0 Å². The van der Waals surface area contributed by atoms with Gasteiger partial charge in [0.15, 0.2) is 0 Å². The van der Waals surface area contributed by atoms with E-state index in [1.807, 2.05) is 11.0 Å². The van der Waals surface area contributed by atoms with Gasteiger partial charge in [-0.3, -0.25) is 4.79 Å². The Balaban J connectivity index is 1.63. The number of aryl methyl sites for hydroxylation is 2.